The largest absolute Gasteiger partial charge is 0.399 e. The zero-order chi connectivity index (χ0) is 13.4. The Morgan fingerprint density at radius 1 is 1.11 bits per heavy atom. The van der Waals surface area contributed by atoms with Gasteiger partial charge in [0, 0.05) is 25.2 Å². The van der Waals surface area contributed by atoms with Crippen LogP contribution < -0.4 is 5.73 Å². The van der Waals surface area contributed by atoms with Gasteiger partial charge < -0.3 is 10.6 Å². The molecule has 0 fully saturated rings. The number of aryl methyl sites for hydroxylation is 1. The fraction of sp³-hybridized carbons (Fsp3) is 0.533. The van der Waals surface area contributed by atoms with Gasteiger partial charge in [-0.3, -0.25) is 4.79 Å². The number of benzene rings is 1. The average Bonchev–Trinajstić information content (AvgIpc) is 2.37. The van der Waals surface area contributed by atoms with Crippen molar-refractivity contribution in [1.29, 1.82) is 0 Å². The topological polar surface area (TPSA) is 46.3 Å². The van der Waals surface area contributed by atoms with E-state index in [2.05, 4.69) is 13.8 Å². The average molecular weight is 248 g/mol. The summed E-state index contributed by atoms with van der Waals surface area (Å²) in [6.07, 6.45) is 3.42. The van der Waals surface area contributed by atoms with E-state index in [1.54, 1.807) is 0 Å². The van der Waals surface area contributed by atoms with Crippen LogP contribution in [-0.2, 0) is 11.2 Å². The Bertz CT molecular complexity index is 353. The van der Waals surface area contributed by atoms with Crippen molar-refractivity contribution >= 4 is 11.6 Å². The van der Waals surface area contributed by atoms with Crippen LogP contribution >= 0.6 is 0 Å². The fourth-order valence-corrected chi connectivity index (χ4v) is 1.99. The van der Waals surface area contributed by atoms with Crippen LogP contribution in [0.4, 0.5) is 5.69 Å². The first-order valence-corrected chi connectivity index (χ1v) is 6.79. The maximum absolute atomic E-state index is 12.1. The monoisotopic (exact) mass is 248 g/mol. The lowest BCUT2D eigenvalue weighted by atomic mass is 10.1. The number of rotatable bonds is 7. The molecule has 0 heterocycles. The van der Waals surface area contributed by atoms with E-state index in [4.69, 9.17) is 5.73 Å². The van der Waals surface area contributed by atoms with E-state index < -0.39 is 0 Å². The summed E-state index contributed by atoms with van der Waals surface area (Å²) in [5, 5.41) is 0. The Balaban J connectivity index is 2.45. The molecule has 0 aromatic heterocycles. The van der Waals surface area contributed by atoms with Crippen LogP contribution in [0.3, 0.4) is 0 Å². The summed E-state index contributed by atoms with van der Waals surface area (Å²) in [5.41, 5.74) is 7.57. The summed E-state index contributed by atoms with van der Waals surface area (Å²) in [5.74, 6) is 0.260. The lowest BCUT2D eigenvalue weighted by molar-refractivity contribution is -0.131. The Morgan fingerprint density at radius 3 is 2.17 bits per heavy atom. The van der Waals surface area contributed by atoms with Gasteiger partial charge >= 0.3 is 0 Å². The second-order valence-corrected chi connectivity index (χ2v) is 4.62. The van der Waals surface area contributed by atoms with Gasteiger partial charge in [0.2, 0.25) is 5.91 Å². The van der Waals surface area contributed by atoms with E-state index in [0.717, 1.165) is 38.0 Å². The number of anilines is 1. The number of nitrogens with zero attached hydrogens (tertiary/aromatic N) is 1. The first kappa shape index (κ1) is 14.6. The van der Waals surface area contributed by atoms with Crippen molar-refractivity contribution in [2.75, 3.05) is 18.8 Å². The van der Waals surface area contributed by atoms with E-state index in [1.807, 2.05) is 29.2 Å². The molecular weight excluding hydrogens is 224 g/mol. The van der Waals surface area contributed by atoms with Gasteiger partial charge in [-0.1, -0.05) is 26.0 Å². The number of amides is 1. The number of hydrogen-bond acceptors (Lipinski definition) is 2. The summed E-state index contributed by atoms with van der Waals surface area (Å²) in [6, 6.07) is 7.75. The highest BCUT2D eigenvalue weighted by Crippen LogP contribution is 2.09. The molecule has 0 aliphatic carbocycles. The van der Waals surface area contributed by atoms with E-state index in [0.29, 0.717) is 6.42 Å². The predicted molar refractivity (Wildman–Crippen MR) is 76.3 cm³/mol. The van der Waals surface area contributed by atoms with E-state index in [-0.39, 0.29) is 5.91 Å². The van der Waals surface area contributed by atoms with Gasteiger partial charge in [0.1, 0.15) is 0 Å². The van der Waals surface area contributed by atoms with Crippen molar-refractivity contribution in [3.8, 4) is 0 Å². The van der Waals surface area contributed by atoms with Crippen LogP contribution in [-0.4, -0.2) is 23.9 Å². The van der Waals surface area contributed by atoms with Crippen molar-refractivity contribution in [2.24, 2.45) is 0 Å². The minimum absolute atomic E-state index is 0.260. The van der Waals surface area contributed by atoms with Crippen LogP contribution in [0, 0.1) is 0 Å². The molecule has 1 aromatic carbocycles. The number of carbonyl (C=O) groups is 1. The minimum Gasteiger partial charge on any atom is -0.399 e. The molecule has 1 amide bonds. The summed E-state index contributed by atoms with van der Waals surface area (Å²) >= 11 is 0. The summed E-state index contributed by atoms with van der Waals surface area (Å²) < 4.78 is 0. The van der Waals surface area contributed by atoms with Crippen LogP contribution in [0.2, 0.25) is 0 Å². The SMILES string of the molecule is CCCN(CCC)C(=O)CCc1ccc(N)cc1. The Labute approximate surface area is 110 Å². The molecule has 1 rings (SSSR count). The van der Waals surface area contributed by atoms with Gasteiger partial charge in [0.25, 0.3) is 0 Å². The second kappa shape index (κ2) is 7.75. The first-order chi connectivity index (χ1) is 8.67. The number of nitrogen functional groups attached to an aromatic ring is 1. The maximum Gasteiger partial charge on any atom is 0.222 e. The smallest absolute Gasteiger partial charge is 0.222 e. The molecule has 0 bridgehead atoms. The molecule has 0 radical (unpaired) electrons. The highest BCUT2D eigenvalue weighted by molar-refractivity contribution is 5.76. The molecule has 3 heteroatoms. The van der Waals surface area contributed by atoms with Gasteiger partial charge in [-0.05, 0) is 37.0 Å². The first-order valence-electron chi connectivity index (χ1n) is 6.79. The lowest BCUT2D eigenvalue weighted by Gasteiger charge is -2.21. The van der Waals surface area contributed by atoms with Crippen LogP contribution in [0.25, 0.3) is 0 Å². The van der Waals surface area contributed by atoms with Gasteiger partial charge in [-0.15, -0.1) is 0 Å². The molecule has 100 valence electrons. The van der Waals surface area contributed by atoms with Gasteiger partial charge in [-0.25, -0.2) is 0 Å². The van der Waals surface area contributed by atoms with Crippen molar-refractivity contribution in [1.82, 2.24) is 4.90 Å². The minimum atomic E-state index is 0.260. The molecule has 18 heavy (non-hydrogen) atoms. The molecule has 0 unspecified atom stereocenters. The predicted octanol–water partition coefficient (Wildman–Crippen LogP) is 2.85. The fourth-order valence-electron chi connectivity index (χ4n) is 1.99. The third-order valence-electron chi connectivity index (χ3n) is 2.95. The quantitative estimate of drug-likeness (QED) is 0.754. The van der Waals surface area contributed by atoms with E-state index in [9.17, 15) is 4.79 Å². The highest BCUT2D eigenvalue weighted by atomic mass is 16.2. The second-order valence-electron chi connectivity index (χ2n) is 4.62. The summed E-state index contributed by atoms with van der Waals surface area (Å²) in [6.45, 7) is 5.95. The number of carbonyl (C=O) groups excluding carboxylic acids is 1. The molecule has 0 atom stereocenters. The van der Waals surface area contributed by atoms with Crippen molar-refractivity contribution in [3.05, 3.63) is 29.8 Å². The van der Waals surface area contributed by atoms with Crippen LogP contribution in [0.15, 0.2) is 24.3 Å². The normalized spacial score (nSPS) is 10.3. The molecule has 0 aliphatic heterocycles. The lowest BCUT2D eigenvalue weighted by Crippen LogP contribution is -2.32. The molecule has 0 saturated carbocycles. The third kappa shape index (κ3) is 4.78. The molecule has 0 saturated heterocycles. The Morgan fingerprint density at radius 2 is 1.67 bits per heavy atom. The van der Waals surface area contributed by atoms with Gasteiger partial charge in [-0.2, -0.15) is 0 Å². The number of hydrogen-bond donors (Lipinski definition) is 1. The van der Waals surface area contributed by atoms with E-state index in [1.165, 1.54) is 5.56 Å². The zero-order valence-corrected chi connectivity index (χ0v) is 11.5. The molecule has 3 nitrogen and oxygen atoms in total. The molecule has 0 aliphatic rings. The number of nitrogens with two attached hydrogens (primary N) is 1. The summed E-state index contributed by atoms with van der Waals surface area (Å²) in [4.78, 5) is 14.0. The molecule has 0 spiro atoms. The summed E-state index contributed by atoms with van der Waals surface area (Å²) in [7, 11) is 0. The third-order valence-corrected chi connectivity index (χ3v) is 2.95. The van der Waals surface area contributed by atoms with Gasteiger partial charge in [0.05, 0.1) is 0 Å². The highest BCUT2D eigenvalue weighted by Gasteiger charge is 2.11. The zero-order valence-electron chi connectivity index (χ0n) is 11.5. The molecular formula is C15H24N2O. The molecule has 1 aromatic rings. The van der Waals surface area contributed by atoms with E-state index >= 15 is 0 Å². The molecule has 2 N–H and O–H groups in total. The van der Waals surface area contributed by atoms with Crippen molar-refractivity contribution in [2.45, 2.75) is 39.5 Å². The van der Waals surface area contributed by atoms with Crippen LogP contribution in [0.5, 0.6) is 0 Å². The Hall–Kier alpha value is -1.51. The van der Waals surface area contributed by atoms with Crippen molar-refractivity contribution in [3.63, 3.8) is 0 Å². The van der Waals surface area contributed by atoms with Crippen molar-refractivity contribution < 1.29 is 4.79 Å². The van der Waals surface area contributed by atoms with Crippen LogP contribution in [0.1, 0.15) is 38.7 Å². The Kier molecular flexibility index (Phi) is 6.26. The standard InChI is InChI=1S/C15H24N2O/c1-3-11-17(12-4-2)15(18)10-7-13-5-8-14(16)9-6-13/h5-6,8-9H,3-4,7,10-12,16H2,1-2H3. The maximum atomic E-state index is 12.1. The van der Waals surface area contributed by atoms with Gasteiger partial charge in [0.15, 0.2) is 0 Å².